The second-order valence-electron chi connectivity index (χ2n) is 3.15. The number of hydrogen-bond acceptors (Lipinski definition) is 3. The third-order valence-electron chi connectivity index (χ3n) is 2.03. The topological polar surface area (TPSA) is 44.5 Å². The summed E-state index contributed by atoms with van der Waals surface area (Å²) in [5, 5.41) is 0. The summed E-state index contributed by atoms with van der Waals surface area (Å²) in [6.45, 7) is 3.74. The van der Waals surface area contributed by atoms with Crippen LogP contribution in [0.25, 0.3) is 0 Å². The minimum Gasteiger partial charge on any atom is -0.491 e. The second-order valence-corrected chi connectivity index (χ2v) is 3.15. The van der Waals surface area contributed by atoms with E-state index in [2.05, 4.69) is 0 Å². The van der Waals surface area contributed by atoms with Gasteiger partial charge in [0.15, 0.2) is 0 Å². The van der Waals surface area contributed by atoms with Crippen molar-refractivity contribution >= 4 is 0 Å². The Labute approximate surface area is 84.8 Å². The van der Waals surface area contributed by atoms with Crippen LogP contribution in [-0.2, 0) is 11.3 Å². The maximum Gasteiger partial charge on any atom is 0.122 e. The van der Waals surface area contributed by atoms with Gasteiger partial charge in [0, 0.05) is 13.7 Å². The molecule has 2 N–H and O–H groups in total. The molecule has 0 aliphatic carbocycles. The molecule has 14 heavy (non-hydrogen) atoms. The summed E-state index contributed by atoms with van der Waals surface area (Å²) in [6, 6.07) is 6.01. The summed E-state index contributed by atoms with van der Waals surface area (Å²) in [4.78, 5) is 0. The monoisotopic (exact) mass is 195 g/mol. The first kappa shape index (κ1) is 11.0. The molecule has 3 nitrogen and oxygen atoms in total. The van der Waals surface area contributed by atoms with Crippen LogP contribution in [-0.4, -0.2) is 20.3 Å². The van der Waals surface area contributed by atoms with Crippen molar-refractivity contribution in [2.45, 2.75) is 13.5 Å². The minimum atomic E-state index is 0.543. The number of methoxy groups -OCH3 is 1. The fraction of sp³-hybridized carbons (Fsp3) is 0.455. The molecule has 0 radical (unpaired) electrons. The van der Waals surface area contributed by atoms with Crippen LogP contribution >= 0.6 is 0 Å². The van der Waals surface area contributed by atoms with Crippen molar-refractivity contribution in [1.29, 1.82) is 0 Å². The highest BCUT2D eigenvalue weighted by Gasteiger charge is 2.00. The predicted octanol–water partition coefficient (Wildman–Crippen LogP) is 1.48. The van der Waals surface area contributed by atoms with Gasteiger partial charge in [-0.15, -0.1) is 0 Å². The summed E-state index contributed by atoms with van der Waals surface area (Å²) in [7, 11) is 1.66. The van der Waals surface area contributed by atoms with Gasteiger partial charge >= 0.3 is 0 Å². The first-order chi connectivity index (χ1) is 6.77. The van der Waals surface area contributed by atoms with Gasteiger partial charge in [-0.2, -0.15) is 0 Å². The minimum absolute atomic E-state index is 0.543. The van der Waals surface area contributed by atoms with Crippen molar-refractivity contribution in [3.05, 3.63) is 29.3 Å². The zero-order chi connectivity index (χ0) is 10.4. The molecule has 1 rings (SSSR count). The summed E-state index contributed by atoms with van der Waals surface area (Å²) in [5.74, 6) is 0.894. The highest BCUT2D eigenvalue weighted by molar-refractivity contribution is 5.36. The van der Waals surface area contributed by atoms with Gasteiger partial charge in [0.05, 0.1) is 6.61 Å². The van der Waals surface area contributed by atoms with Crippen LogP contribution in [0.3, 0.4) is 0 Å². The van der Waals surface area contributed by atoms with E-state index in [1.807, 2.05) is 25.1 Å². The molecule has 0 aliphatic rings. The van der Waals surface area contributed by atoms with E-state index in [4.69, 9.17) is 15.2 Å². The van der Waals surface area contributed by atoms with Crippen molar-refractivity contribution in [3.63, 3.8) is 0 Å². The molecule has 0 saturated heterocycles. The Morgan fingerprint density at radius 3 is 2.71 bits per heavy atom. The predicted molar refractivity (Wildman–Crippen MR) is 56.4 cm³/mol. The fourth-order valence-electron chi connectivity index (χ4n) is 1.16. The zero-order valence-corrected chi connectivity index (χ0v) is 8.75. The largest absolute Gasteiger partial charge is 0.491 e. The van der Waals surface area contributed by atoms with Crippen molar-refractivity contribution in [2.75, 3.05) is 20.3 Å². The molecule has 0 atom stereocenters. The molecule has 0 unspecified atom stereocenters. The van der Waals surface area contributed by atoms with E-state index >= 15 is 0 Å². The van der Waals surface area contributed by atoms with Crippen LogP contribution in [0.2, 0.25) is 0 Å². The maximum absolute atomic E-state index is 5.54. The summed E-state index contributed by atoms with van der Waals surface area (Å²) in [5.41, 5.74) is 7.75. The van der Waals surface area contributed by atoms with Crippen molar-refractivity contribution in [1.82, 2.24) is 0 Å². The Hall–Kier alpha value is -1.06. The first-order valence-corrected chi connectivity index (χ1v) is 4.69. The molecule has 1 aromatic carbocycles. The lowest BCUT2D eigenvalue weighted by Gasteiger charge is -2.09. The molecule has 0 amide bonds. The van der Waals surface area contributed by atoms with Gasteiger partial charge in [-0.05, 0) is 24.1 Å². The Bertz CT molecular complexity index is 287. The van der Waals surface area contributed by atoms with E-state index in [1.54, 1.807) is 7.11 Å². The highest BCUT2D eigenvalue weighted by Crippen LogP contribution is 2.19. The molecule has 0 heterocycles. The molecule has 78 valence electrons. The Balaban J connectivity index is 2.64. The Kier molecular flexibility index (Phi) is 4.43. The summed E-state index contributed by atoms with van der Waals surface area (Å²) >= 11 is 0. The lowest BCUT2D eigenvalue weighted by atomic mass is 10.1. The number of hydrogen-bond donors (Lipinski definition) is 1. The van der Waals surface area contributed by atoms with Crippen LogP contribution in [0, 0.1) is 6.92 Å². The zero-order valence-electron chi connectivity index (χ0n) is 8.75. The van der Waals surface area contributed by atoms with Gasteiger partial charge in [0.2, 0.25) is 0 Å². The highest BCUT2D eigenvalue weighted by atomic mass is 16.5. The van der Waals surface area contributed by atoms with E-state index < -0.39 is 0 Å². The maximum atomic E-state index is 5.54. The Morgan fingerprint density at radius 2 is 2.07 bits per heavy atom. The van der Waals surface area contributed by atoms with E-state index in [9.17, 15) is 0 Å². The van der Waals surface area contributed by atoms with Crippen LogP contribution in [0.15, 0.2) is 18.2 Å². The number of aryl methyl sites for hydroxylation is 1. The third kappa shape index (κ3) is 3.01. The number of nitrogens with two attached hydrogens (primary N) is 1. The lowest BCUT2D eigenvalue weighted by molar-refractivity contribution is 0.146. The standard InChI is InChI=1S/C11H17NO2/c1-9-3-4-10(8-12)7-11(9)14-6-5-13-2/h3-4,7H,5-6,8,12H2,1-2H3. The quantitative estimate of drug-likeness (QED) is 0.724. The summed E-state index contributed by atoms with van der Waals surface area (Å²) in [6.07, 6.45) is 0. The van der Waals surface area contributed by atoms with Gasteiger partial charge in [-0.1, -0.05) is 12.1 Å². The number of benzene rings is 1. The average molecular weight is 195 g/mol. The van der Waals surface area contributed by atoms with E-state index in [-0.39, 0.29) is 0 Å². The van der Waals surface area contributed by atoms with Crippen LogP contribution in [0.1, 0.15) is 11.1 Å². The van der Waals surface area contributed by atoms with Crippen molar-refractivity contribution in [3.8, 4) is 5.75 Å². The molecule has 3 heteroatoms. The molecular weight excluding hydrogens is 178 g/mol. The van der Waals surface area contributed by atoms with Crippen molar-refractivity contribution in [2.24, 2.45) is 5.73 Å². The molecule has 0 fully saturated rings. The molecule has 1 aromatic rings. The normalized spacial score (nSPS) is 10.2. The SMILES string of the molecule is COCCOc1cc(CN)ccc1C. The average Bonchev–Trinajstić information content (AvgIpc) is 2.21. The van der Waals surface area contributed by atoms with Gasteiger partial charge in [-0.3, -0.25) is 0 Å². The first-order valence-electron chi connectivity index (χ1n) is 4.69. The van der Waals surface area contributed by atoms with E-state index in [1.165, 1.54) is 0 Å². The smallest absolute Gasteiger partial charge is 0.122 e. The van der Waals surface area contributed by atoms with E-state index in [0.29, 0.717) is 19.8 Å². The fourth-order valence-corrected chi connectivity index (χ4v) is 1.16. The van der Waals surface area contributed by atoms with Crippen LogP contribution < -0.4 is 10.5 Å². The van der Waals surface area contributed by atoms with Crippen LogP contribution in [0.5, 0.6) is 5.75 Å². The van der Waals surface area contributed by atoms with E-state index in [0.717, 1.165) is 16.9 Å². The summed E-state index contributed by atoms with van der Waals surface area (Å²) < 4.78 is 10.4. The number of rotatable bonds is 5. The van der Waals surface area contributed by atoms with Gasteiger partial charge in [0.25, 0.3) is 0 Å². The molecular formula is C11H17NO2. The van der Waals surface area contributed by atoms with Gasteiger partial charge in [0.1, 0.15) is 12.4 Å². The molecule has 0 spiro atoms. The third-order valence-corrected chi connectivity index (χ3v) is 2.03. The molecule has 0 aliphatic heterocycles. The Morgan fingerprint density at radius 1 is 1.29 bits per heavy atom. The molecule has 0 aromatic heterocycles. The van der Waals surface area contributed by atoms with Crippen molar-refractivity contribution < 1.29 is 9.47 Å². The molecule has 0 saturated carbocycles. The lowest BCUT2D eigenvalue weighted by Crippen LogP contribution is -2.06. The van der Waals surface area contributed by atoms with Crippen LogP contribution in [0.4, 0.5) is 0 Å². The number of ether oxygens (including phenoxy) is 2. The molecule has 0 bridgehead atoms. The van der Waals surface area contributed by atoms with Gasteiger partial charge in [-0.25, -0.2) is 0 Å². The van der Waals surface area contributed by atoms with Gasteiger partial charge < -0.3 is 15.2 Å². The second kappa shape index (κ2) is 5.62.